The van der Waals surface area contributed by atoms with E-state index in [9.17, 15) is 9.59 Å². The third-order valence-electron chi connectivity index (χ3n) is 4.15. The molecule has 0 aliphatic heterocycles. The summed E-state index contributed by atoms with van der Waals surface area (Å²) < 4.78 is 0. The van der Waals surface area contributed by atoms with Crippen LogP contribution in [-0.4, -0.2) is 21.1 Å². The summed E-state index contributed by atoms with van der Waals surface area (Å²) in [5.74, 6) is 1.24. The van der Waals surface area contributed by atoms with E-state index in [1.807, 2.05) is 20.8 Å². The maximum Gasteiger partial charge on any atom is 0.275 e. The first-order valence-electron chi connectivity index (χ1n) is 8.27. The first-order chi connectivity index (χ1) is 10.5. The highest BCUT2D eigenvalue weighted by Crippen LogP contribution is 2.31. The topological polar surface area (TPSA) is 87.7 Å². The van der Waals surface area contributed by atoms with Gasteiger partial charge < -0.3 is 10.3 Å². The third-order valence-corrected chi connectivity index (χ3v) is 4.15. The van der Waals surface area contributed by atoms with Crippen molar-refractivity contribution in [2.45, 2.75) is 71.3 Å². The Labute approximate surface area is 131 Å². The number of hydrogen-bond donors (Lipinski definition) is 2. The molecule has 6 nitrogen and oxygen atoms in total. The minimum absolute atomic E-state index is 0.0529. The van der Waals surface area contributed by atoms with Crippen LogP contribution >= 0.6 is 0 Å². The number of H-pyrrole nitrogens is 1. The molecule has 0 radical (unpaired) electrons. The predicted octanol–water partition coefficient (Wildman–Crippen LogP) is 2.44. The van der Waals surface area contributed by atoms with E-state index in [2.05, 4.69) is 20.5 Å². The molecule has 1 amide bonds. The molecule has 1 saturated carbocycles. The Kier molecular flexibility index (Phi) is 5.69. The van der Waals surface area contributed by atoms with Gasteiger partial charge in [0.25, 0.3) is 5.56 Å². The molecule has 1 atom stereocenters. The zero-order valence-corrected chi connectivity index (χ0v) is 13.7. The SMILES string of the molecule is CCC(NC(=O)CC(C)C)c1nnc(C2CCCC2)[nH]c1=O. The molecular formula is C16H26N4O2. The van der Waals surface area contributed by atoms with Crippen molar-refractivity contribution < 1.29 is 4.79 Å². The maximum absolute atomic E-state index is 12.3. The quantitative estimate of drug-likeness (QED) is 0.845. The summed E-state index contributed by atoms with van der Waals surface area (Å²) in [4.78, 5) is 27.1. The first kappa shape index (κ1) is 16.6. The summed E-state index contributed by atoms with van der Waals surface area (Å²) in [6.45, 7) is 5.90. The number of aromatic amines is 1. The van der Waals surface area contributed by atoms with Crippen LogP contribution in [0.5, 0.6) is 0 Å². The van der Waals surface area contributed by atoms with Crippen LogP contribution in [0.2, 0.25) is 0 Å². The van der Waals surface area contributed by atoms with E-state index in [1.165, 1.54) is 12.8 Å². The number of aromatic nitrogens is 3. The van der Waals surface area contributed by atoms with E-state index >= 15 is 0 Å². The van der Waals surface area contributed by atoms with E-state index in [0.29, 0.717) is 30.3 Å². The normalized spacial score (nSPS) is 16.9. The first-order valence-corrected chi connectivity index (χ1v) is 8.27. The second-order valence-corrected chi connectivity index (χ2v) is 6.53. The summed E-state index contributed by atoms with van der Waals surface area (Å²) in [5.41, 5.74) is 0.0787. The van der Waals surface area contributed by atoms with Crippen molar-refractivity contribution in [3.05, 3.63) is 21.9 Å². The van der Waals surface area contributed by atoms with Gasteiger partial charge in [0.2, 0.25) is 5.91 Å². The molecule has 0 bridgehead atoms. The molecule has 2 rings (SSSR count). The predicted molar refractivity (Wildman–Crippen MR) is 84.5 cm³/mol. The van der Waals surface area contributed by atoms with Gasteiger partial charge in [-0.15, -0.1) is 10.2 Å². The summed E-state index contributed by atoms with van der Waals surface area (Å²) in [5, 5.41) is 11.2. The number of carbonyl (C=O) groups excluding carboxylic acids is 1. The fourth-order valence-electron chi connectivity index (χ4n) is 2.96. The number of hydrogen-bond acceptors (Lipinski definition) is 4. The molecule has 0 spiro atoms. The van der Waals surface area contributed by atoms with Gasteiger partial charge in [0.1, 0.15) is 5.82 Å². The van der Waals surface area contributed by atoms with Crippen molar-refractivity contribution >= 4 is 5.91 Å². The Morgan fingerprint density at radius 1 is 1.32 bits per heavy atom. The van der Waals surface area contributed by atoms with Crippen LogP contribution in [0, 0.1) is 5.92 Å². The lowest BCUT2D eigenvalue weighted by Gasteiger charge is -2.17. The molecule has 1 fully saturated rings. The molecule has 1 aliphatic rings. The minimum Gasteiger partial charge on any atom is -0.347 e. The fourth-order valence-corrected chi connectivity index (χ4v) is 2.96. The van der Waals surface area contributed by atoms with Crippen LogP contribution in [0.15, 0.2) is 4.79 Å². The highest BCUT2D eigenvalue weighted by molar-refractivity contribution is 5.76. The molecule has 2 N–H and O–H groups in total. The van der Waals surface area contributed by atoms with Crippen LogP contribution in [0.1, 0.15) is 82.8 Å². The summed E-state index contributed by atoms with van der Waals surface area (Å²) >= 11 is 0. The molecule has 0 aromatic carbocycles. The zero-order valence-electron chi connectivity index (χ0n) is 13.7. The molecule has 1 aliphatic carbocycles. The van der Waals surface area contributed by atoms with Crippen LogP contribution in [0.4, 0.5) is 0 Å². The molecule has 1 aromatic heterocycles. The standard InChI is InChI=1S/C16H26N4O2/c1-4-12(17-13(21)9-10(2)3)14-16(22)18-15(20-19-14)11-7-5-6-8-11/h10-12H,4-9H2,1-3H3,(H,17,21)(H,18,20,22). The number of rotatable bonds is 6. The molecule has 6 heteroatoms. The minimum atomic E-state index is -0.375. The largest absolute Gasteiger partial charge is 0.347 e. The summed E-state index contributed by atoms with van der Waals surface area (Å²) in [7, 11) is 0. The smallest absolute Gasteiger partial charge is 0.275 e. The van der Waals surface area contributed by atoms with Crippen molar-refractivity contribution in [3.63, 3.8) is 0 Å². The molecule has 0 saturated heterocycles. The van der Waals surface area contributed by atoms with Gasteiger partial charge in [-0.05, 0) is 25.2 Å². The highest BCUT2D eigenvalue weighted by Gasteiger charge is 2.23. The number of amides is 1. The Morgan fingerprint density at radius 2 is 2.00 bits per heavy atom. The van der Waals surface area contributed by atoms with Gasteiger partial charge in [-0.25, -0.2) is 0 Å². The Hall–Kier alpha value is -1.72. The van der Waals surface area contributed by atoms with E-state index in [-0.39, 0.29) is 23.4 Å². The number of nitrogens with one attached hydrogen (secondary N) is 2. The van der Waals surface area contributed by atoms with Gasteiger partial charge in [-0.2, -0.15) is 0 Å². The molecule has 22 heavy (non-hydrogen) atoms. The zero-order chi connectivity index (χ0) is 16.1. The average molecular weight is 306 g/mol. The lowest BCUT2D eigenvalue weighted by Crippen LogP contribution is -2.34. The molecule has 1 unspecified atom stereocenters. The monoisotopic (exact) mass is 306 g/mol. The highest BCUT2D eigenvalue weighted by atomic mass is 16.2. The van der Waals surface area contributed by atoms with Crippen LogP contribution in [-0.2, 0) is 4.79 Å². The third kappa shape index (κ3) is 4.15. The summed E-state index contributed by atoms with van der Waals surface area (Å²) in [6, 6.07) is -0.375. The van der Waals surface area contributed by atoms with Gasteiger partial charge in [0.05, 0.1) is 6.04 Å². The Morgan fingerprint density at radius 3 is 2.55 bits per heavy atom. The number of nitrogens with zero attached hydrogens (tertiary/aromatic N) is 2. The van der Waals surface area contributed by atoms with Crippen molar-refractivity contribution in [2.24, 2.45) is 5.92 Å². The number of carbonyl (C=O) groups is 1. The van der Waals surface area contributed by atoms with Crippen molar-refractivity contribution in [3.8, 4) is 0 Å². The molecular weight excluding hydrogens is 280 g/mol. The van der Waals surface area contributed by atoms with Crippen molar-refractivity contribution in [1.82, 2.24) is 20.5 Å². The lowest BCUT2D eigenvalue weighted by atomic mass is 10.1. The van der Waals surface area contributed by atoms with Crippen LogP contribution in [0.3, 0.4) is 0 Å². The van der Waals surface area contributed by atoms with E-state index < -0.39 is 0 Å². The van der Waals surface area contributed by atoms with E-state index in [1.54, 1.807) is 0 Å². The van der Waals surface area contributed by atoms with Crippen molar-refractivity contribution in [1.29, 1.82) is 0 Å². The summed E-state index contributed by atoms with van der Waals surface area (Å²) in [6.07, 6.45) is 5.54. The van der Waals surface area contributed by atoms with Gasteiger partial charge >= 0.3 is 0 Å². The molecule has 1 aromatic rings. The van der Waals surface area contributed by atoms with Crippen LogP contribution < -0.4 is 10.9 Å². The van der Waals surface area contributed by atoms with Crippen LogP contribution in [0.25, 0.3) is 0 Å². The average Bonchev–Trinajstić information content (AvgIpc) is 2.98. The van der Waals surface area contributed by atoms with Gasteiger partial charge in [-0.3, -0.25) is 9.59 Å². The molecule has 122 valence electrons. The second-order valence-electron chi connectivity index (χ2n) is 6.53. The molecule has 1 heterocycles. The van der Waals surface area contributed by atoms with Gasteiger partial charge in [-0.1, -0.05) is 33.6 Å². The van der Waals surface area contributed by atoms with E-state index in [0.717, 1.165) is 12.8 Å². The lowest BCUT2D eigenvalue weighted by molar-refractivity contribution is -0.122. The van der Waals surface area contributed by atoms with Gasteiger partial charge in [0, 0.05) is 12.3 Å². The van der Waals surface area contributed by atoms with Crippen molar-refractivity contribution in [2.75, 3.05) is 0 Å². The fraction of sp³-hybridized carbons (Fsp3) is 0.750. The van der Waals surface area contributed by atoms with Gasteiger partial charge in [0.15, 0.2) is 5.69 Å². The Bertz CT molecular complexity index is 562. The Balaban J connectivity index is 2.12. The van der Waals surface area contributed by atoms with E-state index in [4.69, 9.17) is 0 Å². The maximum atomic E-state index is 12.3. The second kappa shape index (κ2) is 7.51.